The number of carbonyl (C=O) groups is 2. The van der Waals surface area contributed by atoms with Crippen LogP contribution in [0, 0.1) is 24.4 Å². The standard InChI is InChI=1S/C20H16F3N3O2S/c1-11-17(29-20(25-11)12-3-2-4-13(21)9-12)7-8-24-18(27)19(28)26-16-6-5-14(22)10-15(16)23/h2-6,9-10H,7-8H2,1H3,(H,24,27)(H,26,28). The fourth-order valence-corrected chi connectivity index (χ4v) is 3.60. The molecule has 9 heteroatoms. The molecule has 1 aromatic heterocycles. The molecule has 0 saturated heterocycles. The van der Waals surface area contributed by atoms with Crippen LogP contribution in [-0.4, -0.2) is 23.3 Å². The van der Waals surface area contributed by atoms with Gasteiger partial charge in [0.05, 0.1) is 11.4 Å². The first-order valence-electron chi connectivity index (χ1n) is 8.60. The van der Waals surface area contributed by atoms with Gasteiger partial charge in [0.1, 0.15) is 22.5 Å². The van der Waals surface area contributed by atoms with Crippen molar-refractivity contribution in [1.82, 2.24) is 10.3 Å². The number of nitrogens with zero attached hydrogens (tertiary/aromatic N) is 1. The fourth-order valence-electron chi connectivity index (χ4n) is 2.54. The van der Waals surface area contributed by atoms with E-state index in [9.17, 15) is 22.8 Å². The summed E-state index contributed by atoms with van der Waals surface area (Å²) in [5.41, 5.74) is 1.13. The van der Waals surface area contributed by atoms with Gasteiger partial charge in [-0.2, -0.15) is 0 Å². The molecule has 0 bridgehead atoms. The smallest absolute Gasteiger partial charge is 0.313 e. The lowest BCUT2D eigenvalue weighted by molar-refractivity contribution is -0.136. The van der Waals surface area contributed by atoms with E-state index in [1.165, 1.54) is 23.5 Å². The van der Waals surface area contributed by atoms with Crippen LogP contribution in [0.25, 0.3) is 10.6 Å². The van der Waals surface area contributed by atoms with Gasteiger partial charge in [0.2, 0.25) is 0 Å². The van der Waals surface area contributed by atoms with Crippen LogP contribution in [0.15, 0.2) is 42.5 Å². The van der Waals surface area contributed by atoms with E-state index < -0.39 is 23.4 Å². The summed E-state index contributed by atoms with van der Waals surface area (Å²) in [4.78, 5) is 29.0. The summed E-state index contributed by atoms with van der Waals surface area (Å²) in [5.74, 6) is -4.12. The van der Waals surface area contributed by atoms with Crippen molar-refractivity contribution < 1.29 is 22.8 Å². The van der Waals surface area contributed by atoms with Gasteiger partial charge in [-0.1, -0.05) is 12.1 Å². The van der Waals surface area contributed by atoms with Crippen LogP contribution in [0.5, 0.6) is 0 Å². The number of carbonyl (C=O) groups excluding carboxylic acids is 2. The zero-order chi connectivity index (χ0) is 21.0. The molecule has 2 N–H and O–H groups in total. The van der Waals surface area contributed by atoms with Crippen molar-refractivity contribution in [3.63, 3.8) is 0 Å². The summed E-state index contributed by atoms with van der Waals surface area (Å²) in [7, 11) is 0. The Kier molecular flexibility index (Phi) is 6.28. The molecule has 150 valence electrons. The van der Waals surface area contributed by atoms with Gasteiger partial charge in [0, 0.05) is 29.5 Å². The molecule has 3 rings (SSSR count). The molecule has 2 aromatic carbocycles. The van der Waals surface area contributed by atoms with Gasteiger partial charge in [-0.15, -0.1) is 11.3 Å². The average molecular weight is 419 g/mol. The number of nitrogens with one attached hydrogen (secondary N) is 2. The molecule has 0 saturated carbocycles. The van der Waals surface area contributed by atoms with Crippen LogP contribution in [0.4, 0.5) is 18.9 Å². The lowest BCUT2D eigenvalue weighted by Gasteiger charge is -2.07. The highest BCUT2D eigenvalue weighted by Crippen LogP contribution is 2.28. The predicted octanol–water partition coefficient (Wildman–Crippen LogP) is 3.83. The van der Waals surface area contributed by atoms with Crippen LogP contribution >= 0.6 is 11.3 Å². The third kappa shape index (κ3) is 5.20. The molecule has 0 fully saturated rings. The van der Waals surface area contributed by atoms with E-state index in [2.05, 4.69) is 15.6 Å². The quantitative estimate of drug-likeness (QED) is 0.618. The van der Waals surface area contributed by atoms with E-state index in [1.807, 2.05) is 0 Å². The van der Waals surface area contributed by atoms with E-state index in [-0.39, 0.29) is 18.0 Å². The maximum absolute atomic E-state index is 13.5. The number of hydrogen-bond donors (Lipinski definition) is 2. The van der Waals surface area contributed by atoms with Gasteiger partial charge in [-0.3, -0.25) is 9.59 Å². The Labute approximate surface area is 168 Å². The van der Waals surface area contributed by atoms with Crippen molar-refractivity contribution in [1.29, 1.82) is 0 Å². The van der Waals surface area contributed by atoms with E-state index in [4.69, 9.17) is 0 Å². The Morgan fingerprint density at radius 1 is 1.03 bits per heavy atom. The highest BCUT2D eigenvalue weighted by molar-refractivity contribution is 7.15. The molecule has 3 aromatic rings. The Bertz CT molecular complexity index is 1070. The Hall–Kier alpha value is -3.20. The summed E-state index contributed by atoms with van der Waals surface area (Å²) in [6, 6.07) is 8.71. The molecule has 2 amide bonds. The Balaban J connectivity index is 1.55. The number of hydrogen-bond acceptors (Lipinski definition) is 4. The minimum Gasteiger partial charge on any atom is -0.347 e. The molecular weight excluding hydrogens is 403 g/mol. The topological polar surface area (TPSA) is 71.1 Å². The summed E-state index contributed by atoms with van der Waals surface area (Å²) in [6.07, 6.45) is 0.419. The van der Waals surface area contributed by atoms with Crippen LogP contribution in [0.2, 0.25) is 0 Å². The van der Waals surface area contributed by atoms with Gasteiger partial charge in [0.15, 0.2) is 0 Å². The van der Waals surface area contributed by atoms with Crippen LogP contribution in [-0.2, 0) is 16.0 Å². The molecule has 0 unspecified atom stereocenters. The minimum atomic E-state index is -1.06. The normalized spacial score (nSPS) is 10.6. The Morgan fingerprint density at radius 2 is 1.79 bits per heavy atom. The van der Waals surface area contributed by atoms with Crippen molar-refractivity contribution in [2.75, 3.05) is 11.9 Å². The minimum absolute atomic E-state index is 0.157. The maximum atomic E-state index is 13.5. The number of amides is 2. The predicted molar refractivity (Wildman–Crippen MR) is 104 cm³/mol. The molecule has 5 nitrogen and oxygen atoms in total. The van der Waals surface area contributed by atoms with Gasteiger partial charge < -0.3 is 10.6 Å². The van der Waals surface area contributed by atoms with Crippen LogP contribution < -0.4 is 10.6 Å². The van der Waals surface area contributed by atoms with E-state index in [1.54, 1.807) is 19.1 Å². The monoisotopic (exact) mass is 419 g/mol. The molecule has 0 radical (unpaired) electrons. The first kappa shape index (κ1) is 20.5. The zero-order valence-electron chi connectivity index (χ0n) is 15.3. The summed E-state index contributed by atoms with van der Waals surface area (Å²) < 4.78 is 39.8. The molecule has 0 aliphatic rings. The van der Waals surface area contributed by atoms with Crippen LogP contribution in [0.1, 0.15) is 10.6 Å². The first-order valence-corrected chi connectivity index (χ1v) is 9.41. The zero-order valence-corrected chi connectivity index (χ0v) is 16.1. The second-order valence-electron chi connectivity index (χ2n) is 6.12. The molecule has 0 atom stereocenters. The fraction of sp³-hybridized carbons (Fsp3) is 0.150. The number of aromatic nitrogens is 1. The lowest BCUT2D eigenvalue weighted by Crippen LogP contribution is -2.36. The second-order valence-corrected chi connectivity index (χ2v) is 7.21. The van der Waals surface area contributed by atoms with E-state index in [0.717, 1.165) is 22.7 Å². The third-order valence-electron chi connectivity index (χ3n) is 3.99. The maximum Gasteiger partial charge on any atom is 0.313 e. The van der Waals surface area contributed by atoms with Crippen molar-refractivity contribution in [3.8, 4) is 10.6 Å². The third-order valence-corrected chi connectivity index (χ3v) is 5.25. The summed E-state index contributed by atoms with van der Waals surface area (Å²) in [6.45, 7) is 1.96. The lowest BCUT2D eigenvalue weighted by atomic mass is 10.2. The Morgan fingerprint density at radius 3 is 2.52 bits per heavy atom. The highest BCUT2D eigenvalue weighted by Gasteiger charge is 2.16. The van der Waals surface area contributed by atoms with Crippen LogP contribution in [0.3, 0.4) is 0 Å². The summed E-state index contributed by atoms with van der Waals surface area (Å²) >= 11 is 1.37. The number of aryl methyl sites for hydroxylation is 1. The number of rotatable bonds is 5. The molecule has 0 spiro atoms. The van der Waals surface area contributed by atoms with Gasteiger partial charge in [-0.25, -0.2) is 18.2 Å². The SMILES string of the molecule is Cc1nc(-c2cccc(F)c2)sc1CCNC(=O)C(=O)Nc1ccc(F)cc1F. The molecule has 29 heavy (non-hydrogen) atoms. The van der Waals surface area contributed by atoms with E-state index >= 15 is 0 Å². The van der Waals surface area contributed by atoms with Crippen molar-refractivity contribution in [2.45, 2.75) is 13.3 Å². The molecular formula is C20H16F3N3O2S. The number of benzene rings is 2. The molecule has 1 heterocycles. The number of thiazole rings is 1. The van der Waals surface area contributed by atoms with Gasteiger partial charge in [-0.05, 0) is 31.2 Å². The highest BCUT2D eigenvalue weighted by atomic mass is 32.1. The van der Waals surface area contributed by atoms with Crippen molar-refractivity contribution >= 4 is 28.8 Å². The molecule has 0 aliphatic heterocycles. The average Bonchev–Trinajstić information content (AvgIpc) is 3.04. The van der Waals surface area contributed by atoms with Gasteiger partial charge >= 0.3 is 11.8 Å². The summed E-state index contributed by atoms with van der Waals surface area (Å²) in [5, 5.41) is 5.19. The molecule has 0 aliphatic carbocycles. The number of halogens is 3. The van der Waals surface area contributed by atoms with Gasteiger partial charge in [0.25, 0.3) is 0 Å². The van der Waals surface area contributed by atoms with Crippen molar-refractivity contribution in [3.05, 3.63) is 70.5 Å². The largest absolute Gasteiger partial charge is 0.347 e. The first-order chi connectivity index (χ1) is 13.8. The number of anilines is 1. The second kappa shape index (κ2) is 8.87. The van der Waals surface area contributed by atoms with Crippen molar-refractivity contribution in [2.24, 2.45) is 0 Å². The van der Waals surface area contributed by atoms with E-state index in [0.29, 0.717) is 23.1 Å².